The Morgan fingerprint density at radius 2 is 2.10 bits per heavy atom. The van der Waals surface area contributed by atoms with Gasteiger partial charge in [0.2, 0.25) is 0 Å². The number of aromatic nitrogens is 1. The molecule has 2 rings (SSSR count). The van der Waals surface area contributed by atoms with Crippen LogP contribution in [0.1, 0.15) is 10.4 Å². The number of nitrogens with one attached hydrogen (secondary N) is 1. The van der Waals surface area contributed by atoms with Gasteiger partial charge in [0, 0.05) is 22.8 Å². The highest BCUT2D eigenvalue weighted by Crippen LogP contribution is 2.18. The Kier molecular flexibility index (Phi) is 3.90. The molecule has 0 saturated heterocycles. The number of benzene rings is 1. The molecule has 1 heterocycles. The molecule has 0 spiro atoms. The lowest BCUT2D eigenvalue weighted by Gasteiger charge is -2.04. The number of nitrogens with zero attached hydrogens (tertiary/aromatic N) is 2. The van der Waals surface area contributed by atoms with Gasteiger partial charge in [-0.3, -0.25) is 14.9 Å². The van der Waals surface area contributed by atoms with Gasteiger partial charge in [0.25, 0.3) is 11.6 Å². The molecule has 1 aromatic carbocycles. The average Bonchev–Trinajstić information content (AvgIpc) is 2.37. The number of non-ortho nitro benzene ring substituents is 1. The molecule has 6 nitrogen and oxygen atoms in total. The van der Waals surface area contributed by atoms with Gasteiger partial charge in [-0.1, -0.05) is 11.6 Å². The Hall–Kier alpha value is -2.54. The van der Waals surface area contributed by atoms with Crippen molar-refractivity contribution in [1.29, 1.82) is 0 Å². The Morgan fingerprint density at radius 1 is 1.35 bits per heavy atom. The van der Waals surface area contributed by atoms with Crippen molar-refractivity contribution in [2.75, 3.05) is 5.32 Å². The van der Waals surface area contributed by atoms with Gasteiger partial charge in [0.05, 0.1) is 11.0 Å². The summed E-state index contributed by atoms with van der Waals surface area (Å²) in [4.78, 5) is 25.5. The van der Waals surface area contributed by atoms with Gasteiger partial charge in [0.1, 0.15) is 11.6 Å². The van der Waals surface area contributed by atoms with Crippen LogP contribution < -0.4 is 5.32 Å². The fourth-order valence-corrected chi connectivity index (χ4v) is 1.63. The SMILES string of the molecule is O=C(Nc1cc(Cl)ccn1)c1cc(F)cc([N+](=O)[O-])c1. The van der Waals surface area contributed by atoms with Crippen LogP contribution in [-0.2, 0) is 0 Å². The molecule has 1 amide bonds. The first kappa shape index (κ1) is 13.9. The minimum atomic E-state index is -0.872. The van der Waals surface area contributed by atoms with Crippen molar-refractivity contribution in [2.45, 2.75) is 0 Å². The minimum absolute atomic E-state index is 0.161. The molecule has 0 aliphatic carbocycles. The van der Waals surface area contributed by atoms with Crippen molar-refractivity contribution in [3.8, 4) is 0 Å². The minimum Gasteiger partial charge on any atom is -0.307 e. The third kappa shape index (κ3) is 3.27. The fourth-order valence-electron chi connectivity index (χ4n) is 1.47. The van der Waals surface area contributed by atoms with Crippen molar-refractivity contribution >= 4 is 29.0 Å². The standard InChI is InChI=1S/C12H7ClFN3O3/c13-8-1-2-15-11(5-8)16-12(18)7-3-9(14)6-10(4-7)17(19)20/h1-6H,(H,15,16,18). The van der Waals surface area contributed by atoms with E-state index in [2.05, 4.69) is 10.3 Å². The third-order valence-corrected chi connectivity index (χ3v) is 2.55. The van der Waals surface area contributed by atoms with E-state index in [1.165, 1.54) is 18.3 Å². The highest BCUT2D eigenvalue weighted by Gasteiger charge is 2.15. The van der Waals surface area contributed by atoms with E-state index in [4.69, 9.17) is 11.6 Å². The van der Waals surface area contributed by atoms with Crippen LogP contribution in [0.25, 0.3) is 0 Å². The molecule has 2 aromatic rings. The number of amides is 1. The van der Waals surface area contributed by atoms with Crippen molar-refractivity contribution in [3.63, 3.8) is 0 Å². The fraction of sp³-hybridized carbons (Fsp3) is 0. The lowest BCUT2D eigenvalue weighted by molar-refractivity contribution is -0.385. The number of carbonyl (C=O) groups is 1. The van der Waals surface area contributed by atoms with Crippen molar-refractivity contribution in [1.82, 2.24) is 4.98 Å². The first-order valence-electron chi connectivity index (χ1n) is 5.33. The smallest absolute Gasteiger partial charge is 0.273 e. The maximum absolute atomic E-state index is 13.2. The second-order valence-corrected chi connectivity index (χ2v) is 4.21. The Bertz CT molecular complexity index is 693. The van der Waals surface area contributed by atoms with E-state index in [0.29, 0.717) is 5.02 Å². The van der Waals surface area contributed by atoms with Crippen LogP contribution in [0.15, 0.2) is 36.5 Å². The number of anilines is 1. The van der Waals surface area contributed by atoms with Gasteiger partial charge >= 0.3 is 0 Å². The predicted molar refractivity (Wildman–Crippen MR) is 70.3 cm³/mol. The molecule has 8 heteroatoms. The van der Waals surface area contributed by atoms with Crippen LogP contribution in [0.4, 0.5) is 15.9 Å². The quantitative estimate of drug-likeness (QED) is 0.696. The highest BCUT2D eigenvalue weighted by atomic mass is 35.5. The largest absolute Gasteiger partial charge is 0.307 e. The summed E-state index contributed by atoms with van der Waals surface area (Å²) in [5.41, 5.74) is -0.687. The number of carbonyl (C=O) groups excluding carboxylic acids is 1. The topological polar surface area (TPSA) is 85.1 Å². The molecule has 0 unspecified atom stereocenters. The number of pyridine rings is 1. The second-order valence-electron chi connectivity index (χ2n) is 3.77. The van der Waals surface area contributed by atoms with E-state index in [1.54, 1.807) is 0 Å². The van der Waals surface area contributed by atoms with E-state index in [1.807, 2.05) is 0 Å². The van der Waals surface area contributed by atoms with Crippen LogP contribution in [-0.4, -0.2) is 15.8 Å². The average molecular weight is 296 g/mol. The zero-order chi connectivity index (χ0) is 14.7. The molecule has 1 aromatic heterocycles. The molecular formula is C12H7ClFN3O3. The van der Waals surface area contributed by atoms with Crippen LogP contribution in [0.5, 0.6) is 0 Å². The highest BCUT2D eigenvalue weighted by molar-refractivity contribution is 6.30. The summed E-state index contributed by atoms with van der Waals surface area (Å²) in [7, 11) is 0. The second kappa shape index (κ2) is 5.62. The van der Waals surface area contributed by atoms with Crippen LogP contribution in [0.3, 0.4) is 0 Å². The number of rotatable bonds is 3. The normalized spacial score (nSPS) is 10.1. The van der Waals surface area contributed by atoms with Crippen LogP contribution in [0.2, 0.25) is 5.02 Å². The molecule has 0 bridgehead atoms. The molecule has 0 fully saturated rings. The number of hydrogen-bond acceptors (Lipinski definition) is 4. The molecule has 0 aliphatic heterocycles. The molecule has 0 atom stereocenters. The van der Waals surface area contributed by atoms with Gasteiger partial charge in [0.15, 0.2) is 0 Å². The zero-order valence-corrected chi connectivity index (χ0v) is 10.6. The van der Waals surface area contributed by atoms with E-state index in [9.17, 15) is 19.3 Å². The summed E-state index contributed by atoms with van der Waals surface area (Å²) in [6, 6.07) is 5.52. The van der Waals surface area contributed by atoms with Gasteiger partial charge < -0.3 is 5.32 Å². The number of hydrogen-bond donors (Lipinski definition) is 1. The van der Waals surface area contributed by atoms with E-state index >= 15 is 0 Å². The molecule has 20 heavy (non-hydrogen) atoms. The molecule has 1 N–H and O–H groups in total. The first-order valence-corrected chi connectivity index (χ1v) is 5.71. The summed E-state index contributed by atoms with van der Waals surface area (Å²) in [6.07, 6.45) is 1.38. The Morgan fingerprint density at radius 3 is 2.75 bits per heavy atom. The monoisotopic (exact) mass is 295 g/mol. The predicted octanol–water partition coefficient (Wildman–Crippen LogP) is 3.03. The van der Waals surface area contributed by atoms with E-state index in [-0.39, 0.29) is 11.4 Å². The van der Waals surface area contributed by atoms with E-state index in [0.717, 1.165) is 18.2 Å². The van der Waals surface area contributed by atoms with E-state index < -0.39 is 22.3 Å². The lowest BCUT2D eigenvalue weighted by Crippen LogP contribution is -2.13. The number of nitro benzene ring substituents is 1. The number of halogens is 2. The summed E-state index contributed by atoms with van der Waals surface area (Å²) < 4.78 is 13.2. The third-order valence-electron chi connectivity index (χ3n) is 2.32. The van der Waals surface area contributed by atoms with Gasteiger partial charge in [-0.15, -0.1) is 0 Å². The molecule has 0 aliphatic rings. The van der Waals surface area contributed by atoms with Gasteiger partial charge in [-0.25, -0.2) is 9.37 Å². The summed E-state index contributed by atoms with van der Waals surface area (Å²) in [5, 5.41) is 13.3. The van der Waals surface area contributed by atoms with Crippen molar-refractivity contribution in [3.05, 3.63) is 63.0 Å². The van der Waals surface area contributed by atoms with Crippen molar-refractivity contribution < 1.29 is 14.1 Å². The molecule has 0 saturated carbocycles. The summed E-state index contributed by atoms with van der Waals surface area (Å²) in [6.45, 7) is 0. The molecule has 0 radical (unpaired) electrons. The van der Waals surface area contributed by atoms with Gasteiger partial charge in [-0.2, -0.15) is 0 Å². The summed E-state index contributed by atoms with van der Waals surface area (Å²) >= 11 is 5.73. The maximum atomic E-state index is 13.2. The molecule has 102 valence electrons. The van der Waals surface area contributed by atoms with Crippen LogP contribution in [0, 0.1) is 15.9 Å². The first-order chi connectivity index (χ1) is 9.45. The maximum Gasteiger partial charge on any atom is 0.273 e. The van der Waals surface area contributed by atoms with Crippen molar-refractivity contribution in [2.24, 2.45) is 0 Å². The Labute approximate surface area is 117 Å². The lowest BCUT2D eigenvalue weighted by atomic mass is 10.2. The van der Waals surface area contributed by atoms with Gasteiger partial charge in [-0.05, 0) is 18.2 Å². The zero-order valence-electron chi connectivity index (χ0n) is 9.84. The molecular weight excluding hydrogens is 289 g/mol. The number of nitro groups is 1. The Balaban J connectivity index is 2.27. The van der Waals surface area contributed by atoms with Crippen LogP contribution >= 0.6 is 11.6 Å². The summed E-state index contributed by atoms with van der Waals surface area (Å²) in [5.74, 6) is -1.43.